The lowest BCUT2D eigenvalue weighted by Gasteiger charge is -2.14. The number of nitrogens with one attached hydrogen (secondary N) is 1. The quantitative estimate of drug-likeness (QED) is 0.839. The minimum atomic E-state index is -3.50. The molecule has 0 saturated heterocycles. The molecular formula is C14H15BrN2O2S. The minimum absolute atomic E-state index is 0.107. The highest BCUT2D eigenvalue weighted by Gasteiger charge is 2.42. The van der Waals surface area contributed by atoms with Gasteiger partial charge in [0, 0.05) is 23.5 Å². The standard InChI is InChI=1S/C14H15BrN2O2S/c15-9-14(6-7-14)10-17-20(18,19)13-5-1-4-12-11(13)3-2-8-16-12/h1-5,8,17H,6-7,9-10H2. The van der Waals surface area contributed by atoms with Gasteiger partial charge >= 0.3 is 0 Å². The summed E-state index contributed by atoms with van der Waals surface area (Å²) < 4.78 is 27.7. The van der Waals surface area contributed by atoms with Crippen LogP contribution in [0.1, 0.15) is 12.8 Å². The van der Waals surface area contributed by atoms with Crippen molar-refractivity contribution in [1.29, 1.82) is 0 Å². The van der Waals surface area contributed by atoms with E-state index in [0.29, 0.717) is 22.3 Å². The fraction of sp³-hybridized carbons (Fsp3) is 0.357. The van der Waals surface area contributed by atoms with Crippen LogP contribution in [0.4, 0.5) is 0 Å². The summed E-state index contributed by atoms with van der Waals surface area (Å²) in [6.45, 7) is 0.483. The topological polar surface area (TPSA) is 59.1 Å². The summed E-state index contributed by atoms with van der Waals surface area (Å²) in [6, 6.07) is 8.70. The van der Waals surface area contributed by atoms with Crippen LogP contribution in [0.15, 0.2) is 41.4 Å². The van der Waals surface area contributed by atoms with Crippen molar-refractivity contribution in [2.45, 2.75) is 17.7 Å². The maximum absolute atomic E-state index is 12.5. The van der Waals surface area contributed by atoms with Crippen molar-refractivity contribution < 1.29 is 8.42 Å². The number of sulfonamides is 1. The number of benzene rings is 1. The normalized spacial score (nSPS) is 17.2. The molecule has 0 spiro atoms. The van der Waals surface area contributed by atoms with Gasteiger partial charge in [0.2, 0.25) is 10.0 Å². The second-order valence-corrected chi connectivity index (χ2v) is 7.58. The van der Waals surface area contributed by atoms with Crippen LogP contribution in [0, 0.1) is 5.41 Å². The van der Waals surface area contributed by atoms with E-state index in [1.807, 2.05) is 6.07 Å². The Balaban J connectivity index is 1.93. The van der Waals surface area contributed by atoms with Crippen LogP contribution in [0.25, 0.3) is 10.9 Å². The van der Waals surface area contributed by atoms with Crippen molar-refractivity contribution >= 4 is 36.9 Å². The molecule has 0 unspecified atom stereocenters. The fourth-order valence-corrected chi connectivity index (χ4v) is 4.30. The molecule has 1 heterocycles. The molecule has 1 aromatic heterocycles. The number of fused-ring (bicyclic) bond motifs is 1. The van der Waals surface area contributed by atoms with Crippen LogP contribution < -0.4 is 4.72 Å². The summed E-state index contributed by atoms with van der Waals surface area (Å²) in [4.78, 5) is 4.49. The third kappa shape index (κ3) is 2.60. The Labute approximate surface area is 126 Å². The van der Waals surface area contributed by atoms with Gasteiger partial charge in [-0.25, -0.2) is 13.1 Å². The lowest BCUT2D eigenvalue weighted by atomic mass is 10.1. The predicted octanol–water partition coefficient (Wildman–Crippen LogP) is 2.69. The van der Waals surface area contributed by atoms with E-state index in [9.17, 15) is 8.42 Å². The molecule has 0 radical (unpaired) electrons. The third-order valence-corrected chi connectivity index (χ3v) is 6.42. The van der Waals surface area contributed by atoms with Gasteiger partial charge in [-0.15, -0.1) is 0 Å². The molecule has 1 aliphatic carbocycles. The van der Waals surface area contributed by atoms with E-state index in [4.69, 9.17) is 0 Å². The molecule has 1 saturated carbocycles. The van der Waals surface area contributed by atoms with Crippen molar-refractivity contribution in [2.75, 3.05) is 11.9 Å². The second-order valence-electron chi connectivity index (χ2n) is 5.28. The zero-order valence-electron chi connectivity index (χ0n) is 10.8. The van der Waals surface area contributed by atoms with Crippen molar-refractivity contribution in [3.8, 4) is 0 Å². The number of nitrogens with zero attached hydrogens (tertiary/aromatic N) is 1. The van der Waals surface area contributed by atoms with Gasteiger partial charge in [-0.3, -0.25) is 4.98 Å². The summed E-state index contributed by atoms with van der Waals surface area (Å²) in [6.07, 6.45) is 3.80. The molecule has 4 nitrogen and oxygen atoms in total. The zero-order valence-corrected chi connectivity index (χ0v) is 13.2. The molecular weight excluding hydrogens is 340 g/mol. The fourth-order valence-electron chi connectivity index (χ4n) is 2.17. The van der Waals surface area contributed by atoms with Gasteiger partial charge in [-0.2, -0.15) is 0 Å². The Bertz CT molecular complexity index is 736. The number of rotatable bonds is 5. The van der Waals surface area contributed by atoms with Crippen molar-refractivity contribution in [1.82, 2.24) is 9.71 Å². The molecule has 0 amide bonds. The molecule has 2 aromatic rings. The van der Waals surface area contributed by atoms with Crippen LogP contribution in [0.5, 0.6) is 0 Å². The first-order valence-corrected chi connectivity index (χ1v) is 9.06. The Morgan fingerprint density at radius 3 is 2.75 bits per heavy atom. The van der Waals surface area contributed by atoms with Crippen LogP contribution in [0.2, 0.25) is 0 Å². The molecule has 0 atom stereocenters. The van der Waals surface area contributed by atoms with Gasteiger partial charge in [-0.1, -0.05) is 22.0 Å². The zero-order chi connectivity index (χ0) is 14.2. The lowest BCUT2D eigenvalue weighted by molar-refractivity contribution is 0.539. The van der Waals surface area contributed by atoms with Gasteiger partial charge in [0.15, 0.2) is 0 Å². The first kappa shape index (κ1) is 14.0. The average Bonchev–Trinajstić information content (AvgIpc) is 3.25. The van der Waals surface area contributed by atoms with Crippen LogP contribution in [-0.2, 0) is 10.0 Å². The number of aromatic nitrogens is 1. The molecule has 1 aliphatic rings. The lowest BCUT2D eigenvalue weighted by Crippen LogP contribution is -2.31. The highest BCUT2D eigenvalue weighted by atomic mass is 79.9. The first-order chi connectivity index (χ1) is 9.56. The summed E-state index contributed by atoms with van der Waals surface area (Å²) in [5.41, 5.74) is 0.799. The molecule has 0 bridgehead atoms. The maximum atomic E-state index is 12.5. The highest BCUT2D eigenvalue weighted by molar-refractivity contribution is 9.09. The molecule has 106 valence electrons. The average molecular weight is 355 g/mol. The minimum Gasteiger partial charge on any atom is -0.256 e. The third-order valence-electron chi connectivity index (χ3n) is 3.77. The van der Waals surface area contributed by atoms with E-state index in [0.717, 1.165) is 18.2 Å². The SMILES string of the molecule is O=S(=O)(NCC1(CBr)CC1)c1cccc2ncccc12. The van der Waals surface area contributed by atoms with E-state index in [1.54, 1.807) is 30.5 Å². The summed E-state index contributed by atoms with van der Waals surface area (Å²) >= 11 is 3.45. The van der Waals surface area contributed by atoms with E-state index in [-0.39, 0.29) is 5.41 Å². The van der Waals surface area contributed by atoms with Crippen molar-refractivity contribution in [3.05, 3.63) is 36.5 Å². The second kappa shape index (κ2) is 5.09. The Morgan fingerprint density at radius 1 is 1.25 bits per heavy atom. The summed E-state index contributed by atoms with van der Waals surface area (Å²) in [5, 5.41) is 1.49. The van der Waals surface area contributed by atoms with E-state index < -0.39 is 10.0 Å². The van der Waals surface area contributed by atoms with E-state index in [1.165, 1.54) is 0 Å². The molecule has 3 rings (SSSR count). The molecule has 0 aliphatic heterocycles. The monoisotopic (exact) mass is 354 g/mol. The molecule has 20 heavy (non-hydrogen) atoms. The van der Waals surface area contributed by atoms with E-state index in [2.05, 4.69) is 25.6 Å². The Kier molecular flexibility index (Phi) is 3.56. The summed E-state index contributed by atoms with van der Waals surface area (Å²) in [5.74, 6) is 0. The number of alkyl halides is 1. The Morgan fingerprint density at radius 2 is 2.05 bits per heavy atom. The van der Waals surface area contributed by atoms with Gasteiger partial charge in [0.05, 0.1) is 10.4 Å². The van der Waals surface area contributed by atoms with Crippen molar-refractivity contribution in [3.63, 3.8) is 0 Å². The molecule has 1 aromatic carbocycles. The highest BCUT2D eigenvalue weighted by Crippen LogP contribution is 2.46. The van der Waals surface area contributed by atoms with Gasteiger partial charge < -0.3 is 0 Å². The molecule has 1 fully saturated rings. The summed E-state index contributed by atoms with van der Waals surface area (Å²) in [7, 11) is -3.50. The molecule has 6 heteroatoms. The van der Waals surface area contributed by atoms with Crippen LogP contribution >= 0.6 is 15.9 Å². The smallest absolute Gasteiger partial charge is 0.241 e. The largest absolute Gasteiger partial charge is 0.256 e. The van der Waals surface area contributed by atoms with Crippen molar-refractivity contribution in [2.24, 2.45) is 5.41 Å². The molecule has 1 N–H and O–H groups in total. The van der Waals surface area contributed by atoms with Crippen LogP contribution in [0.3, 0.4) is 0 Å². The van der Waals surface area contributed by atoms with E-state index >= 15 is 0 Å². The van der Waals surface area contributed by atoms with Gasteiger partial charge in [0.25, 0.3) is 0 Å². The number of hydrogen-bond donors (Lipinski definition) is 1. The number of halogens is 1. The van der Waals surface area contributed by atoms with Gasteiger partial charge in [-0.05, 0) is 42.5 Å². The van der Waals surface area contributed by atoms with Crippen LogP contribution in [-0.4, -0.2) is 25.3 Å². The number of hydrogen-bond acceptors (Lipinski definition) is 3. The van der Waals surface area contributed by atoms with Gasteiger partial charge in [0.1, 0.15) is 0 Å². The number of pyridine rings is 1. The maximum Gasteiger partial charge on any atom is 0.241 e. The predicted molar refractivity (Wildman–Crippen MR) is 82.4 cm³/mol. The Hall–Kier alpha value is -0.980. The first-order valence-electron chi connectivity index (χ1n) is 6.46.